The van der Waals surface area contributed by atoms with E-state index >= 15 is 0 Å². The first kappa shape index (κ1) is 14.0. The molecule has 19 heavy (non-hydrogen) atoms. The molecular weight excluding hydrogens is 256 g/mol. The molecule has 2 aromatic heterocycles. The van der Waals surface area contributed by atoms with E-state index in [1.807, 2.05) is 25.7 Å². The van der Waals surface area contributed by atoms with Gasteiger partial charge in [-0.3, -0.25) is 0 Å². The Kier molecular flexibility index (Phi) is 4.50. The van der Waals surface area contributed by atoms with Crippen LogP contribution in [0.3, 0.4) is 0 Å². The maximum atomic E-state index is 5.82. The van der Waals surface area contributed by atoms with E-state index in [4.69, 9.17) is 5.73 Å². The van der Waals surface area contributed by atoms with Gasteiger partial charge >= 0.3 is 0 Å². The quantitative estimate of drug-likeness (QED) is 0.911. The summed E-state index contributed by atoms with van der Waals surface area (Å²) in [5.41, 5.74) is 11.1. The molecule has 0 aliphatic rings. The normalized spacial score (nSPS) is 12.4. The predicted octanol–water partition coefficient (Wildman–Crippen LogP) is 2.37. The van der Waals surface area contributed by atoms with Gasteiger partial charge in [0.15, 0.2) is 0 Å². The van der Waals surface area contributed by atoms with Crippen LogP contribution in [0.2, 0.25) is 0 Å². The van der Waals surface area contributed by atoms with Crippen LogP contribution in [-0.2, 0) is 13.0 Å². The molecule has 0 fully saturated rings. The Balaban J connectivity index is 2.11. The summed E-state index contributed by atoms with van der Waals surface area (Å²) in [5, 5.41) is 2.07. The number of hydrogen-bond acceptors (Lipinski definition) is 5. The van der Waals surface area contributed by atoms with Crippen molar-refractivity contribution in [1.82, 2.24) is 9.97 Å². The summed E-state index contributed by atoms with van der Waals surface area (Å²) in [6, 6.07) is 2.34. The fraction of sp³-hybridized carbons (Fsp3) is 0.429. The molecule has 2 heterocycles. The van der Waals surface area contributed by atoms with Crippen molar-refractivity contribution in [3.63, 3.8) is 0 Å². The first-order valence-corrected chi connectivity index (χ1v) is 7.30. The fourth-order valence-electron chi connectivity index (χ4n) is 2.14. The van der Waals surface area contributed by atoms with Crippen LogP contribution < -0.4 is 10.6 Å². The van der Waals surface area contributed by atoms with Crippen molar-refractivity contribution in [1.29, 1.82) is 0 Å². The number of rotatable bonds is 5. The predicted molar refractivity (Wildman–Crippen MR) is 80.5 cm³/mol. The molecule has 2 rings (SSSR count). The average Bonchev–Trinajstić information content (AvgIpc) is 2.80. The van der Waals surface area contributed by atoms with Crippen molar-refractivity contribution in [3.8, 4) is 0 Å². The molecule has 0 saturated carbocycles. The lowest BCUT2D eigenvalue weighted by atomic mass is 10.1. The monoisotopic (exact) mass is 276 g/mol. The number of anilines is 1. The second-order valence-corrected chi connectivity index (χ2v) is 5.72. The van der Waals surface area contributed by atoms with Crippen LogP contribution in [0.15, 0.2) is 23.2 Å². The van der Waals surface area contributed by atoms with Crippen molar-refractivity contribution in [3.05, 3.63) is 40.0 Å². The number of hydrogen-bond donors (Lipinski definition) is 1. The largest absolute Gasteiger partial charge is 0.354 e. The van der Waals surface area contributed by atoms with E-state index in [9.17, 15) is 0 Å². The minimum absolute atomic E-state index is 0.166. The molecular formula is C14H20N4S. The lowest BCUT2D eigenvalue weighted by Gasteiger charge is -2.19. The maximum absolute atomic E-state index is 5.82. The minimum Gasteiger partial charge on any atom is -0.354 e. The van der Waals surface area contributed by atoms with Crippen molar-refractivity contribution >= 4 is 17.2 Å². The van der Waals surface area contributed by atoms with Gasteiger partial charge in [0.1, 0.15) is 5.82 Å². The molecule has 0 amide bonds. The molecule has 0 aromatic carbocycles. The number of aryl methyl sites for hydroxylation is 1. The van der Waals surface area contributed by atoms with Crippen molar-refractivity contribution in [2.24, 2.45) is 5.73 Å². The second kappa shape index (κ2) is 6.12. The average molecular weight is 276 g/mol. The summed E-state index contributed by atoms with van der Waals surface area (Å²) in [4.78, 5) is 11.0. The van der Waals surface area contributed by atoms with Gasteiger partial charge in [-0.2, -0.15) is 0 Å². The molecule has 0 saturated heterocycles. The molecule has 0 radical (unpaired) electrons. The van der Waals surface area contributed by atoms with Gasteiger partial charge in [-0.1, -0.05) is 6.07 Å². The molecule has 2 N–H and O–H groups in total. The fourth-order valence-corrected chi connectivity index (χ4v) is 2.69. The summed E-state index contributed by atoms with van der Waals surface area (Å²) < 4.78 is 0. The van der Waals surface area contributed by atoms with E-state index < -0.39 is 0 Å². The first-order valence-electron chi connectivity index (χ1n) is 6.35. The summed E-state index contributed by atoms with van der Waals surface area (Å²) in [6.45, 7) is 4.88. The Morgan fingerprint density at radius 1 is 1.42 bits per heavy atom. The first-order chi connectivity index (χ1) is 9.06. The van der Waals surface area contributed by atoms with Crippen LogP contribution in [-0.4, -0.2) is 23.1 Å². The lowest BCUT2D eigenvalue weighted by molar-refractivity contribution is 0.734. The molecule has 2 aromatic rings. The standard InChI is InChI=1S/C14H20N4S/c1-10-4-12(5-11(2)15)6-16-14(10)18(3)7-13-8-19-9-17-13/h4,6,8-9,11H,5,7,15H2,1-3H3. The van der Waals surface area contributed by atoms with Gasteiger partial charge in [-0.25, -0.2) is 9.97 Å². The van der Waals surface area contributed by atoms with E-state index in [0.29, 0.717) is 0 Å². The van der Waals surface area contributed by atoms with Crippen LogP contribution in [0, 0.1) is 6.92 Å². The third kappa shape index (κ3) is 3.75. The number of aromatic nitrogens is 2. The van der Waals surface area contributed by atoms with Gasteiger partial charge in [0.05, 0.1) is 17.7 Å². The molecule has 1 unspecified atom stereocenters. The van der Waals surface area contributed by atoms with Gasteiger partial charge in [0, 0.05) is 24.7 Å². The highest BCUT2D eigenvalue weighted by Crippen LogP contribution is 2.19. The SMILES string of the molecule is Cc1cc(CC(C)N)cnc1N(C)Cc1cscn1. The second-order valence-electron chi connectivity index (χ2n) is 5.00. The maximum Gasteiger partial charge on any atom is 0.131 e. The van der Waals surface area contributed by atoms with E-state index in [1.54, 1.807) is 11.3 Å². The highest BCUT2D eigenvalue weighted by molar-refractivity contribution is 7.07. The zero-order valence-corrected chi connectivity index (χ0v) is 12.4. The third-order valence-electron chi connectivity index (χ3n) is 2.91. The van der Waals surface area contributed by atoms with E-state index in [1.165, 1.54) is 11.1 Å². The number of thiazole rings is 1. The minimum atomic E-state index is 0.166. The Morgan fingerprint density at radius 3 is 2.79 bits per heavy atom. The van der Waals surface area contributed by atoms with Crippen molar-refractivity contribution in [2.75, 3.05) is 11.9 Å². The Labute approximate surface area is 118 Å². The van der Waals surface area contributed by atoms with Gasteiger partial charge in [-0.15, -0.1) is 11.3 Å². The molecule has 0 spiro atoms. The zero-order chi connectivity index (χ0) is 13.8. The summed E-state index contributed by atoms with van der Waals surface area (Å²) >= 11 is 1.62. The molecule has 0 aliphatic heterocycles. The van der Waals surface area contributed by atoms with Crippen LogP contribution in [0.5, 0.6) is 0 Å². The van der Waals surface area contributed by atoms with Gasteiger partial charge in [-0.05, 0) is 31.4 Å². The van der Waals surface area contributed by atoms with Crippen LogP contribution in [0.25, 0.3) is 0 Å². The molecule has 102 valence electrons. The number of nitrogens with zero attached hydrogens (tertiary/aromatic N) is 3. The number of pyridine rings is 1. The molecule has 1 atom stereocenters. The van der Waals surface area contributed by atoms with Crippen LogP contribution in [0.4, 0.5) is 5.82 Å². The van der Waals surface area contributed by atoms with Crippen molar-refractivity contribution in [2.45, 2.75) is 32.9 Å². The molecule has 0 aliphatic carbocycles. The highest BCUT2D eigenvalue weighted by atomic mass is 32.1. The zero-order valence-electron chi connectivity index (χ0n) is 11.6. The topological polar surface area (TPSA) is 55.0 Å². The molecule has 0 bridgehead atoms. The Hall–Kier alpha value is -1.46. The van der Waals surface area contributed by atoms with E-state index in [-0.39, 0.29) is 6.04 Å². The summed E-state index contributed by atoms with van der Waals surface area (Å²) in [5.74, 6) is 1.00. The van der Waals surface area contributed by atoms with Crippen LogP contribution >= 0.6 is 11.3 Å². The third-order valence-corrected chi connectivity index (χ3v) is 3.54. The Morgan fingerprint density at radius 2 is 2.21 bits per heavy atom. The van der Waals surface area contributed by atoms with Gasteiger partial charge in [0.2, 0.25) is 0 Å². The lowest BCUT2D eigenvalue weighted by Crippen LogP contribution is -2.20. The van der Waals surface area contributed by atoms with E-state index in [2.05, 4.69) is 33.2 Å². The van der Waals surface area contributed by atoms with Gasteiger partial charge < -0.3 is 10.6 Å². The highest BCUT2D eigenvalue weighted by Gasteiger charge is 2.09. The van der Waals surface area contributed by atoms with Crippen molar-refractivity contribution < 1.29 is 0 Å². The molecule has 5 heteroatoms. The smallest absolute Gasteiger partial charge is 0.131 e. The number of nitrogens with two attached hydrogens (primary N) is 1. The summed E-state index contributed by atoms with van der Waals surface area (Å²) in [6.07, 6.45) is 2.78. The summed E-state index contributed by atoms with van der Waals surface area (Å²) in [7, 11) is 2.04. The Bertz CT molecular complexity index is 522. The molecule has 4 nitrogen and oxygen atoms in total. The van der Waals surface area contributed by atoms with Crippen LogP contribution in [0.1, 0.15) is 23.7 Å². The van der Waals surface area contributed by atoms with E-state index in [0.717, 1.165) is 24.5 Å². The van der Waals surface area contributed by atoms with Gasteiger partial charge in [0.25, 0.3) is 0 Å².